The maximum atomic E-state index is 6.57. The zero-order valence-corrected chi connectivity index (χ0v) is 20.1. The van der Waals surface area contributed by atoms with Gasteiger partial charge in [-0.1, -0.05) is 12.1 Å². The molecule has 0 unspecified atom stereocenters. The van der Waals surface area contributed by atoms with Crippen molar-refractivity contribution in [3.05, 3.63) is 71.3 Å². The molecule has 0 saturated heterocycles. The van der Waals surface area contributed by atoms with Crippen LogP contribution in [-0.2, 0) is 0 Å². The summed E-state index contributed by atoms with van der Waals surface area (Å²) < 4.78 is 12.9. The number of nitrogen functional groups attached to an aromatic ring is 2. The molecule has 0 aliphatic heterocycles. The molecule has 0 spiro atoms. The normalized spacial score (nSPS) is 27.1. The Morgan fingerprint density at radius 2 is 1.18 bits per heavy atom. The summed E-state index contributed by atoms with van der Waals surface area (Å²) in [6.07, 6.45) is 6.87. The Balaban J connectivity index is 1.40. The molecular formula is C30H34N2O2. The molecule has 4 aliphatic carbocycles. The molecule has 4 bridgehead atoms. The van der Waals surface area contributed by atoms with Crippen LogP contribution in [0.1, 0.15) is 54.7 Å². The first kappa shape index (κ1) is 21.4. The van der Waals surface area contributed by atoms with Gasteiger partial charge in [0.1, 0.15) is 23.0 Å². The predicted molar refractivity (Wildman–Crippen MR) is 138 cm³/mol. The maximum absolute atomic E-state index is 6.57. The molecule has 4 heteroatoms. The molecule has 34 heavy (non-hydrogen) atoms. The zero-order valence-electron chi connectivity index (χ0n) is 20.1. The Morgan fingerprint density at radius 3 is 1.76 bits per heavy atom. The van der Waals surface area contributed by atoms with E-state index in [4.69, 9.17) is 20.9 Å². The Hall–Kier alpha value is -3.14. The lowest BCUT2D eigenvalue weighted by molar-refractivity contribution is -0.00340. The molecule has 3 aromatic carbocycles. The topological polar surface area (TPSA) is 70.5 Å². The van der Waals surface area contributed by atoms with Crippen molar-refractivity contribution in [2.75, 3.05) is 11.5 Å². The number of aryl methyl sites for hydroxylation is 2. The molecule has 0 heterocycles. The highest BCUT2D eigenvalue weighted by molar-refractivity contribution is 5.53. The van der Waals surface area contributed by atoms with Gasteiger partial charge in [0.25, 0.3) is 0 Å². The van der Waals surface area contributed by atoms with Crippen LogP contribution in [0.5, 0.6) is 23.0 Å². The molecule has 7 rings (SSSR count). The zero-order chi connectivity index (χ0) is 23.4. The van der Waals surface area contributed by atoms with Gasteiger partial charge in [-0.3, -0.25) is 0 Å². The number of hydrogen-bond acceptors (Lipinski definition) is 4. The highest BCUT2D eigenvalue weighted by Crippen LogP contribution is 2.61. The Labute approximate surface area is 202 Å². The highest BCUT2D eigenvalue weighted by Gasteiger charge is 2.49. The van der Waals surface area contributed by atoms with E-state index in [1.165, 1.54) is 37.7 Å². The first-order chi connectivity index (χ1) is 16.4. The van der Waals surface area contributed by atoms with Gasteiger partial charge in [0, 0.05) is 29.1 Å². The average molecular weight is 455 g/mol. The minimum Gasteiger partial charge on any atom is -0.457 e. The summed E-state index contributed by atoms with van der Waals surface area (Å²) in [5.41, 5.74) is 17.0. The average Bonchev–Trinajstić information content (AvgIpc) is 2.79. The number of ether oxygens (including phenoxy) is 2. The second kappa shape index (κ2) is 8.26. The van der Waals surface area contributed by atoms with Crippen LogP contribution in [0.15, 0.2) is 54.6 Å². The molecule has 0 radical (unpaired) electrons. The highest BCUT2D eigenvalue weighted by atomic mass is 16.5. The fourth-order valence-electron chi connectivity index (χ4n) is 7.08. The number of rotatable bonds is 5. The fourth-order valence-corrected chi connectivity index (χ4v) is 7.08. The smallest absolute Gasteiger partial charge is 0.132 e. The van der Waals surface area contributed by atoms with Gasteiger partial charge in [0.15, 0.2) is 0 Å². The van der Waals surface area contributed by atoms with E-state index < -0.39 is 0 Å². The van der Waals surface area contributed by atoms with E-state index in [1.54, 1.807) is 0 Å². The molecule has 0 amide bonds. The van der Waals surface area contributed by atoms with Crippen LogP contribution in [0.25, 0.3) is 0 Å². The van der Waals surface area contributed by atoms with Crippen molar-refractivity contribution in [3.63, 3.8) is 0 Å². The second-order valence-electron chi connectivity index (χ2n) is 10.9. The summed E-state index contributed by atoms with van der Waals surface area (Å²) in [4.78, 5) is 0. The third-order valence-electron chi connectivity index (χ3n) is 8.44. The molecular weight excluding hydrogens is 420 g/mol. The summed E-state index contributed by atoms with van der Waals surface area (Å²) in [6.45, 7) is 4.12. The van der Waals surface area contributed by atoms with Crippen molar-refractivity contribution < 1.29 is 9.47 Å². The van der Waals surface area contributed by atoms with Gasteiger partial charge >= 0.3 is 0 Å². The van der Waals surface area contributed by atoms with Crippen molar-refractivity contribution in [2.45, 2.75) is 51.9 Å². The van der Waals surface area contributed by atoms with Crippen LogP contribution >= 0.6 is 0 Å². The molecule has 4 fully saturated rings. The lowest BCUT2D eigenvalue weighted by Gasteiger charge is -2.54. The van der Waals surface area contributed by atoms with Gasteiger partial charge in [-0.2, -0.15) is 0 Å². The van der Waals surface area contributed by atoms with E-state index >= 15 is 0 Å². The largest absolute Gasteiger partial charge is 0.457 e. The van der Waals surface area contributed by atoms with Crippen LogP contribution in [0, 0.1) is 37.5 Å². The lowest BCUT2D eigenvalue weighted by atomic mass is 9.50. The van der Waals surface area contributed by atoms with E-state index in [2.05, 4.69) is 19.1 Å². The van der Waals surface area contributed by atoms with Crippen LogP contribution in [0.3, 0.4) is 0 Å². The van der Waals surface area contributed by atoms with Crippen molar-refractivity contribution in [3.8, 4) is 23.0 Å². The molecule has 4 nitrogen and oxygen atoms in total. The summed E-state index contributed by atoms with van der Waals surface area (Å²) >= 11 is 0. The van der Waals surface area contributed by atoms with Crippen LogP contribution in [-0.4, -0.2) is 0 Å². The number of benzene rings is 3. The van der Waals surface area contributed by atoms with Crippen LogP contribution in [0.2, 0.25) is 0 Å². The first-order valence-electron chi connectivity index (χ1n) is 12.6. The van der Waals surface area contributed by atoms with E-state index in [0.29, 0.717) is 17.3 Å². The molecule has 0 atom stereocenters. The van der Waals surface area contributed by atoms with Crippen molar-refractivity contribution in [1.82, 2.24) is 0 Å². The van der Waals surface area contributed by atoms with E-state index in [9.17, 15) is 0 Å². The monoisotopic (exact) mass is 454 g/mol. The van der Waals surface area contributed by atoms with Crippen molar-refractivity contribution in [1.29, 1.82) is 0 Å². The van der Waals surface area contributed by atoms with Gasteiger partial charge in [-0.05, 0) is 117 Å². The summed E-state index contributed by atoms with van der Waals surface area (Å²) in [5.74, 6) is 7.26. The summed E-state index contributed by atoms with van der Waals surface area (Å²) in [6, 6.07) is 18.0. The Kier molecular flexibility index (Phi) is 5.20. The van der Waals surface area contributed by atoms with E-state index in [1.807, 2.05) is 49.4 Å². The molecule has 0 aromatic heterocycles. The Bertz CT molecular complexity index is 1210. The van der Waals surface area contributed by atoms with Gasteiger partial charge in [-0.25, -0.2) is 0 Å². The minimum atomic E-state index is 0.523. The van der Waals surface area contributed by atoms with Gasteiger partial charge < -0.3 is 20.9 Å². The standard InChI is InChI=1S/C30H34N2O2/c1-17-3-5-23(31)14-28(17)33-25-7-8-27(34-29-15-24(32)6-4-18(29)2)26(16-25)30-21-10-19-9-20(12-21)13-22(30)11-19/h3-8,14-16,19-22,30H,9-13,31-32H2,1-2H3. The van der Waals surface area contributed by atoms with Crippen LogP contribution < -0.4 is 20.9 Å². The third-order valence-corrected chi connectivity index (χ3v) is 8.44. The second-order valence-corrected chi connectivity index (χ2v) is 10.9. The van der Waals surface area contributed by atoms with E-state index in [0.717, 1.165) is 57.8 Å². The summed E-state index contributed by atoms with van der Waals surface area (Å²) in [5, 5.41) is 0. The Morgan fingerprint density at radius 1 is 0.618 bits per heavy atom. The third kappa shape index (κ3) is 3.89. The van der Waals surface area contributed by atoms with Crippen molar-refractivity contribution in [2.24, 2.45) is 23.7 Å². The van der Waals surface area contributed by atoms with E-state index in [-0.39, 0.29) is 0 Å². The predicted octanol–water partition coefficient (Wildman–Crippen LogP) is 7.59. The molecule has 4 aliphatic rings. The van der Waals surface area contributed by atoms with Crippen molar-refractivity contribution >= 4 is 11.4 Å². The van der Waals surface area contributed by atoms with Gasteiger partial charge in [-0.15, -0.1) is 0 Å². The van der Waals surface area contributed by atoms with Crippen LogP contribution in [0.4, 0.5) is 11.4 Å². The number of anilines is 2. The summed E-state index contributed by atoms with van der Waals surface area (Å²) in [7, 11) is 0. The van der Waals surface area contributed by atoms with Gasteiger partial charge in [0.05, 0.1) is 0 Å². The first-order valence-corrected chi connectivity index (χ1v) is 12.6. The van der Waals surface area contributed by atoms with Gasteiger partial charge in [0.2, 0.25) is 0 Å². The molecule has 4 saturated carbocycles. The molecule has 4 N–H and O–H groups in total. The quantitative estimate of drug-likeness (QED) is 0.390. The number of hydrogen-bond donors (Lipinski definition) is 2. The lowest BCUT2D eigenvalue weighted by Crippen LogP contribution is -2.43. The number of nitrogens with two attached hydrogens (primary N) is 2. The molecule has 176 valence electrons. The maximum Gasteiger partial charge on any atom is 0.132 e. The fraction of sp³-hybridized carbons (Fsp3) is 0.400. The molecule has 3 aromatic rings. The minimum absolute atomic E-state index is 0.523. The SMILES string of the molecule is Cc1ccc(N)cc1Oc1ccc(Oc2cc(N)ccc2C)c(C2C3CC4CC(C3)CC2C4)c1.